The number of hydrogen-bond acceptors (Lipinski definition) is 7. The van der Waals surface area contributed by atoms with E-state index < -0.39 is 0 Å². The second-order valence-corrected chi connectivity index (χ2v) is 4.83. The fraction of sp³-hybridized carbons (Fsp3) is 0.615. The predicted molar refractivity (Wildman–Crippen MR) is 74.7 cm³/mol. The smallest absolute Gasteiger partial charge is 0.270 e. The number of anilines is 1. The van der Waals surface area contributed by atoms with Gasteiger partial charge in [-0.05, 0) is 19.4 Å². The minimum atomic E-state index is -0.323. The van der Waals surface area contributed by atoms with Gasteiger partial charge in [0.05, 0.1) is 25.9 Å². The Bertz CT molecular complexity index is 477. The molecule has 1 aliphatic rings. The maximum absolute atomic E-state index is 12.2. The van der Waals surface area contributed by atoms with Gasteiger partial charge in [-0.15, -0.1) is 0 Å². The van der Waals surface area contributed by atoms with Crippen LogP contribution in [0.2, 0.25) is 0 Å². The normalized spacial score (nSPS) is 22.0. The summed E-state index contributed by atoms with van der Waals surface area (Å²) in [7, 11) is 0. The van der Waals surface area contributed by atoms with Crippen molar-refractivity contribution in [1.82, 2.24) is 15.3 Å². The largest absolute Gasteiger partial charge is 0.394 e. The van der Waals surface area contributed by atoms with E-state index >= 15 is 0 Å². The van der Waals surface area contributed by atoms with E-state index in [0.717, 1.165) is 0 Å². The molecular weight excluding hydrogens is 276 g/mol. The highest BCUT2D eigenvalue weighted by Crippen LogP contribution is 2.12. The van der Waals surface area contributed by atoms with Crippen LogP contribution in [-0.2, 0) is 9.47 Å². The molecule has 0 bridgehead atoms. The van der Waals surface area contributed by atoms with Gasteiger partial charge in [0.2, 0.25) is 5.95 Å². The van der Waals surface area contributed by atoms with Crippen LogP contribution in [0.25, 0.3) is 0 Å². The zero-order valence-corrected chi connectivity index (χ0v) is 11.9. The molecule has 0 saturated carbocycles. The Morgan fingerprint density at radius 1 is 1.62 bits per heavy atom. The van der Waals surface area contributed by atoms with Gasteiger partial charge in [0.15, 0.2) is 0 Å². The number of amides is 1. The Labute approximate surface area is 122 Å². The highest BCUT2D eigenvalue weighted by atomic mass is 16.5. The lowest BCUT2D eigenvalue weighted by Gasteiger charge is -2.31. The molecule has 2 rings (SSSR count). The first-order valence-electron chi connectivity index (χ1n) is 6.82. The second-order valence-electron chi connectivity index (χ2n) is 4.83. The summed E-state index contributed by atoms with van der Waals surface area (Å²) < 4.78 is 10.8. The van der Waals surface area contributed by atoms with Crippen LogP contribution in [0.3, 0.4) is 0 Å². The third-order valence-electron chi connectivity index (χ3n) is 3.15. The summed E-state index contributed by atoms with van der Waals surface area (Å²) in [6.07, 6.45) is 0.358. The molecule has 1 aromatic rings. The van der Waals surface area contributed by atoms with E-state index in [-0.39, 0.29) is 42.9 Å². The lowest BCUT2D eigenvalue weighted by atomic mass is 10.1. The molecule has 1 fully saturated rings. The molecule has 0 aliphatic carbocycles. The number of nitrogen functional groups attached to an aromatic ring is 1. The number of ether oxygens (including phenoxy) is 2. The summed E-state index contributed by atoms with van der Waals surface area (Å²) >= 11 is 0. The number of carbonyl (C=O) groups excluding carboxylic acids is 1. The zero-order valence-electron chi connectivity index (χ0n) is 11.9. The van der Waals surface area contributed by atoms with Crippen LogP contribution in [0.4, 0.5) is 5.95 Å². The fourth-order valence-electron chi connectivity index (χ4n) is 2.20. The van der Waals surface area contributed by atoms with E-state index in [2.05, 4.69) is 15.3 Å². The number of rotatable bonds is 5. The number of aromatic nitrogens is 2. The van der Waals surface area contributed by atoms with Crippen molar-refractivity contribution in [3.63, 3.8) is 0 Å². The molecule has 0 aromatic carbocycles. The fourth-order valence-corrected chi connectivity index (χ4v) is 2.20. The Kier molecular flexibility index (Phi) is 5.43. The molecule has 21 heavy (non-hydrogen) atoms. The van der Waals surface area contributed by atoms with Gasteiger partial charge in [0, 0.05) is 12.3 Å². The minimum absolute atomic E-state index is 0.0696. The summed E-state index contributed by atoms with van der Waals surface area (Å²) in [5, 5.41) is 11.7. The number of nitrogens with one attached hydrogen (secondary N) is 1. The number of carbonyl (C=O) groups is 1. The highest BCUT2D eigenvalue weighted by molar-refractivity contribution is 5.92. The van der Waals surface area contributed by atoms with Crippen LogP contribution < -0.4 is 11.1 Å². The van der Waals surface area contributed by atoms with Crippen LogP contribution in [0, 0.1) is 6.92 Å². The zero-order chi connectivity index (χ0) is 15.2. The third-order valence-corrected chi connectivity index (χ3v) is 3.15. The summed E-state index contributed by atoms with van der Waals surface area (Å²) in [5.41, 5.74) is 6.41. The molecule has 0 radical (unpaired) electrons. The van der Waals surface area contributed by atoms with Crippen molar-refractivity contribution >= 4 is 11.9 Å². The van der Waals surface area contributed by atoms with Crippen LogP contribution >= 0.6 is 0 Å². The van der Waals surface area contributed by atoms with Gasteiger partial charge < -0.3 is 25.6 Å². The van der Waals surface area contributed by atoms with Crippen molar-refractivity contribution in [1.29, 1.82) is 0 Å². The van der Waals surface area contributed by atoms with Crippen LogP contribution in [0.1, 0.15) is 22.6 Å². The van der Waals surface area contributed by atoms with E-state index in [1.165, 1.54) is 0 Å². The van der Waals surface area contributed by atoms with Gasteiger partial charge in [0.25, 0.3) is 5.91 Å². The van der Waals surface area contributed by atoms with Crippen molar-refractivity contribution < 1.29 is 19.4 Å². The molecule has 2 atom stereocenters. The number of aliphatic hydroxyl groups excluding tert-OH is 1. The van der Waals surface area contributed by atoms with Crippen molar-refractivity contribution in [3.05, 3.63) is 17.5 Å². The Balaban J connectivity index is 2.02. The van der Waals surface area contributed by atoms with Crippen molar-refractivity contribution in [2.45, 2.75) is 25.5 Å². The molecular formula is C13H20N4O4. The topological polar surface area (TPSA) is 120 Å². The molecule has 2 heterocycles. The minimum Gasteiger partial charge on any atom is -0.394 e. The standard InChI is InChI=1S/C13H20N4O4/c1-8-6-10(17-13(14)15-8)12(19)16-9-2-4-20-7-11(9)21-5-3-18/h6,9,11,18H,2-5,7H2,1H3,(H,16,19)(H2,14,15,17)/t9-,11-/m1/s1. The molecule has 1 saturated heterocycles. The lowest BCUT2D eigenvalue weighted by Crippen LogP contribution is -2.50. The van der Waals surface area contributed by atoms with Crippen LogP contribution in [-0.4, -0.2) is 59.6 Å². The number of hydrogen-bond donors (Lipinski definition) is 3. The van der Waals surface area contributed by atoms with Crippen molar-refractivity contribution in [2.75, 3.05) is 32.2 Å². The lowest BCUT2D eigenvalue weighted by molar-refractivity contribution is -0.0737. The number of aryl methyl sites for hydroxylation is 1. The monoisotopic (exact) mass is 296 g/mol. The quantitative estimate of drug-likeness (QED) is 0.654. The highest BCUT2D eigenvalue weighted by Gasteiger charge is 2.28. The summed E-state index contributed by atoms with van der Waals surface area (Å²) in [6, 6.07) is 1.39. The van der Waals surface area contributed by atoms with Gasteiger partial charge in [-0.25, -0.2) is 9.97 Å². The first-order valence-corrected chi connectivity index (χ1v) is 6.82. The molecule has 8 nitrogen and oxygen atoms in total. The van der Waals surface area contributed by atoms with Gasteiger partial charge in [-0.3, -0.25) is 4.79 Å². The first-order chi connectivity index (χ1) is 10.1. The molecule has 1 aliphatic heterocycles. The van der Waals surface area contributed by atoms with Gasteiger partial charge in [-0.1, -0.05) is 0 Å². The van der Waals surface area contributed by atoms with E-state index in [0.29, 0.717) is 25.3 Å². The molecule has 116 valence electrons. The van der Waals surface area contributed by atoms with Gasteiger partial charge >= 0.3 is 0 Å². The molecule has 1 amide bonds. The average molecular weight is 296 g/mol. The van der Waals surface area contributed by atoms with Crippen molar-refractivity contribution in [2.24, 2.45) is 0 Å². The Hall–Kier alpha value is -1.77. The molecule has 0 unspecified atom stereocenters. The number of aliphatic hydroxyl groups is 1. The van der Waals surface area contributed by atoms with E-state index in [9.17, 15) is 4.79 Å². The van der Waals surface area contributed by atoms with Crippen LogP contribution in [0.15, 0.2) is 6.07 Å². The van der Waals surface area contributed by atoms with E-state index in [4.69, 9.17) is 20.3 Å². The first kappa shape index (κ1) is 15.6. The number of nitrogens with two attached hydrogens (primary N) is 1. The summed E-state index contributed by atoms with van der Waals surface area (Å²) in [6.45, 7) is 2.82. The van der Waals surface area contributed by atoms with Gasteiger partial charge in [-0.2, -0.15) is 0 Å². The van der Waals surface area contributed by atoms with E-state index in [1.54, 1.807) is 13.0 Å². The summed E-state index contributed by atoms with van der Waals surface area (Å²) in [5.74, 6) is -0.253. The SMILES string of the molecule is Cc1cc(C(=O)N[C@@H]2CCOC[C@H]2OCCO)nc(N)n1. The van der Waals surface area contributed by atoms with Gasteiger partial charge in [0.1, 0.15) is 11.8 Å². The maximum Gasteiger partial charge on any atom is 0.270 e. The van der Waals surface area contributed by atoms with E-state index in [1.807, 2.05) is 0 Å². The molecule has 0 spiro atoms. The Morgan fingerprint density at radius 3 is 3.14 bits per heavy atom. The molecule has 1 aromatic heterocycles. The molecule has 4 N–H and O–H groups in total. The Morgan fingerprint density at radius 2 is 2.43 bits per heavy atom. The predicted octanol–water partition coefficient (Wildman–Crippen LogP) is -0.737. The van der Waals surface area contributed by atoms with Crippen molar-refractivity contribution in [3.8, 4) is 0 Å². The second kappa shape index (κ2) is 7.30. The third kappa shape index (κ3) is 4.35. The number of nitrogens with zero attached hydrogens (tertiary/aromatic N) is 2. The maximum atomic E-state index is 12.2. The average Bonchev–Trinajstić information content (AvgIpc) is 2.45. The van der Waals surface area contributed by atoms with Crippen LogP contribution in [0.5, 0.6) is 0 Å². The summed E-state index contributed by atoms with van der Waals surface area (Å²) in [4.78, 5) is 20.1. The molecule has 8 heteroatoms.